The van der Waals surface area contributed by atoms with Crippen LogP contribution in [0.3, 0.4) is 0 Å². The highest BCUT2D eigenvalue weighted by Gasteiger charge is 2.19. The predicted molar refractivity (Wildman–Crippen MR) is 353 cm³/mol. The molecule has 0 aromatic rings. The number of unbranched alkanes of at least 4 members (excludes halogenated alkanes) is 36. The van der Waals surface area contributed by atoms with Crippen molar-refractivity contribution in [2.24, 2.45) is 0 Å². The Morgan fingerprint density at radius 1 is 0.259 bits per heavy atom. The molecule has 466 valence electrons. The summed E-state index contributed by atoms with van der Waals surface area (Å²) in [5.41, 5.74) is 0. The number of ether oxygens (including phenoxy) is 3. The molecule has 0 aliphatic carbocycles. The number of allylic oxidation sites excluding steroid dienone is 16. The molecule has 1 unspecified atom stereocenters. The summed E-state index contributed by atoms with van der Waals surface area (Å²) in [6.07, 6.45) is 92.7. The van der Waals surface area contributed by atoms with Crippen molar-refractivity contribution in [1.29, 1.82) is 0 Å². The maximum Gasteiger partial charge on any atom is 0.306 e. The van der Waals surface area contributed by atoms with Crippen LogP contribution in [0.5, 0.6) is 0 Å². The average Bonchev–Trinajstić information content (AvgIpc) is 3.47. The van der Waals surface area contributed by atoms with Crippen molar-refractivity contribution >= 4 is 17.9 Å². The molecule has 0 rings (SSSR count). The molecule has 1 atom stereocenters. The minimum atomic E-state index is -0.789. The van der Waals surface area contributed by atoms with E-state index >= 15 is 0 Å². The predicted octanol–water partition coefficient (Wildman–Crippen LogP) is 24.0. The molecule has 81 heavy (non-hydrogen) atoms. The Hall–Kier alpha value is -3.67. The van der Waals surface area contributed by atoms with E-state index in [9.17, 15) is 14.4 Å². The van der Waals surface area contributed by atoms with Gasteiger partial charge in [-0.25, -0.2) is 0 Å². The van der Waals surface area contributed by atoms with Crippen molar-refractivity contribution < 1.29 is 28.6 Å². The van der Waals surface area contributed by atoms with Gasteiger partial charge in [0, 0.05) is 19.3 Å². The first kappa shape index (κ1) is 77.3. The molecule has 0 spiro atoms. The van der Waals surface area contributed by atoms with Crippen LogP contribution in [0.25, 0.3) is 0 Å². The van der Waals surface area contributed by atoms with Gasteiger partial charge in [-0.2, -0.15) is 0 Å². The Kier molecular flexibility index (Phi) is 65.7. The van der Waals surface area contributed by atoms with E-state index in [1.165, 1.54) is 199 Å². The van der Waals surface area contributed by atoms with Crippen LogP contribution in [-0.2, 0) is 28.6 Å². The summed E-state index contributed by atoms with van der Waals surface area (Å²) < 4.78 is 17.0. The molecular formula is C75H130O6. The van der Waals surface area contributed by atoms with Crippen LogP contribution in [0, 0.1) is 0 Å². The van der Waals surface area contributed by atoms with E-state index in [-0.39, 0.29) is 31.1 Å². The first-order valence-electron chi connectivity index (χ1n) is 34.7. The van der Waals surface area contributed by atoms with Crippen LogP contribution in [0.2, 0.25) is 0 Å². The third kappa shape index (κ3) is 67.0. The fraction of sp³-hybridized carbons (Fsp3) is 0.747. The van der Waals surface area contributed by atoms with Crippen molar-refractivity contribution in [3.05, 3.63) is 97.2 Å². The highest BCUT2D eigenvalue weighted by Crippen LogP contribution is 2.17. The average molecular weight is 1130 g/mol. The summed E-state index contributed by atoms with van der Waals surface area (Å²) >= 11 is 0. The number of carbonyl (C=O) groups excluding carboxylic acids is 3. The highest BCUT2D eigenvalue weighted by molar-refractivity contribution is 5.71. The minimum absolute atomic E-state index is 0.0837. The van der Waals surface area contributed by atoms with Gasteiger partial charge in [-0.05, 0) is 122 Å². The summed E-state index contributed by atoms with van der Waals surface area (Å²) in [5, 5.41) is 0. The van der Waals surface area contributed by atoms with Gasteiger partial charge in [-0.1, -0.05) is 298 Å². The molecule has 0 amide bonds. The molecule has 0 aromatic heterocycles. The summed E-state index contributed by atoms with van der Waals surface area (Å²) in [6, 6.07) is 0. The monoisotopic (exact) mass is 1130 g/mol. The fourth-order valence-corrected chi connectivity index (χ4v) is 9.85. The van der Waals surface area contributed by atoms with E-state index in [1.807, 2.05) is 0 Å². The van der Waals surface area contributed by atoms with E-state index in [0.717, 1.165) is 103 Å². The summed E-state index contributed by atoms with van der Waals surface area (Å²) in [4.78, 5) is 38.5. The zero-order valence-corrected chi connectivity index (χ0v) is 53.5. The zero-order chi connectivity index (χ0) is 58.5. The Morgan fingerprint density at radius 3 is 0.790 bits per heavy atom. The standard InChI is InChI=1S/C75H130O6/c1-4-7-10-13-16-19-22-25-28-31-34-36-37-39-41-44-47-50-53-56-59-62-65-68-74(77)80-71-72(70-79-73(76)67-64-61-58-55-52-49-46-43-40-33-30-27-24-21-18-15-12-9-6-3)81-75(78)69-66-63-60-57-54-51-48-45-42-38-35-32-29-26-23-20-17-14-11-8-5-2/h7,10,16,18-19,21,25,27-28,30,32,34-36,40,43,72H,4-6,8-9,11-15,17,20,22-24,26,29,31,33,37-39,41-42,44-71H2,1-3H3/b10-7-,19-16-,21-18-,28-25-,30-27-,35-32-,36-34-,43-40-. The van der Waals surface area contributed by atoms with E-state index in [1.54, 1.807) is 0 Å². The largest absolute Gasteiger partial charge is 0.462 e. The smallest absolute Gasteiger partial charge is 0.306 e. The maximum atomic E-state index is 13.0. The number of hydrogen-bond donors (Lipinski definition) is 0. The number of rotatable bonds is 63. The molecule has 0 aromatic carbocycles. The van der Waals surface area contributed by atoms with Crippen LogP contribution in [0.1, 0.15) is 342 Å². The van der Waals surface area contributed by atoms with Crippen molar-refractivity contribution in [2.45, 2.75) is 348 Å². The molecule has 0 fully saturated rings. The molecule has 0 N–H and O–H groups in total. The third-order valence-electron chi connectivity index (χ3n) is 15.0. The second-order valence-corrected chi connectivity index (χ2v) is 23.1. The highest BCUT2D eigenvalue weighted by atomic mass is 16.6. The van der Waals surface area contributed by atoms with Gasteiger partial charge in [0.25, 0.3) is 0 Å². The van der Waals surface area contributed by atoms with Gasteiger partial charge in [0.1, 0.15) is 13.2 Å². The first-order chi connectivity index (χ1) is 40.0. The normalized spacial score (nSPS) is 12.7. The molecule has 0 heterocycles. The minimum Gasteiger partial charge on any atom is -0.462 e. The van der Waals surface area contributed by atoms with Crippen LogP contribution in [0.4, 0.5) is 0 Å². The number of hydrogen-bond acceptors (Lipinski definition) is 6. The Labute approximate surface area is 502 Å². The maximum absolute atomic E-state index is 13.0. The molecule has 0 aliphatic heterocycles. The first-order valence-corrected chi connectivity index (χ1v) is 34.7. The van der Waals surface area contributed by atoms with E-state index in [0.29, 0.717) is 19.3 Å². The lowest BCUT2D eigenvalue weighted by molar-refractivity contribution is -0.167. The molecule has 0 saturated carbocycles. The Balaban J connectivity index is 4.40. The summed E-state index contributed by atoms with van der Waals surface area (Å²) in [5.74, 6) is -0.887. The number of carbonyl (C=O) groups is 3. The van der Waals surface area contributed by atoms with E-state index in [2.05, 4.69) is 118 Å². The lowest BCUT2D eigenvalue weighted by atomic mass is 10.0. The Bertz CT molecular complexity index is 1580. The molecule has 6 heteroatoms. The van der Waals surface area contributed by atoms with Crippen molar-refractivity contribution in [3.63, 3.8) is 0 Å². The second kappa shape index (κ2) is 68.8. The van der Waals surface area contributed by atoms with Gasteiger partial charge in [0.15, 0.2) is 6.10 Å². The van der Waals surface area contributed by atoms with E-state index < -0.39 is 6.10 Å². The van der Waals surface area contributed by atoms with Gasteiger partial charge in [0.05, 0.1) is 0 Å². The fourth-order valence-electron chi connectivity index (χ4n) is 9.85. The molecule has 6 nitrogen and oxygen atoms in total. The van der Waals surface area contributed by atoms with Gasteiger partial charge in [-0.15, -0.1) is 0 Å². The second-order valence-electron chi connectivity index (χ2n) is 23.1. The van der Waals surface area contributed by atoms with E-state index in [4.69, 9.17) is 14.2 Å². The van der Waals surface area contributed by atoms with Gasteiger partial charge < -0.3 is 14.2 Å². The molecule has 0 saturated heterocycles. The summed E-state index contributed by atoms with van der Waals surface area (Å²) in [6.45, 7) is 6.53. The van der Waals surface area contributed by atoms with Gasteiger partial charge >= 0.3 is 17.9 Å². The number of esters is 3. The molecule has 0 bridgehead atoms. The van der Waals surface area contributed by atoms with Crippen LogP contribution < -0.4 is 0 Å². The van der Waals surface area contributed by atoms with Gasteiger partial charge in [-0.3, -0.25) is 14.4 Å². The molecule has 0 radical (unpaired) electrons. The lowest BCUT2D eigenvalue weighted by Gasteiger charge is -2.18. The third-order valence-corrected chi connectivity index (χ3v) is 15.0. The zero-order valence-electron chi connectivity index (χ0n) is 53.5. The van der Waals surface area contributed by atoms with Crippen LogP contribution in [0.15, 0.2) is 97.2 Å². The summed E-state index contributed by atoms with van der Waals surface area (Å²) in [7, 11) is 0. The van der Waals surface area contributed by atoms with Gasteiger partial charge in [0.2, 0.25) is 0 Å². The topological polar surface area (TPSA) is 78.9 Å². The van der Waals surface area contributed by atoms with Crippen molar-refractivity contribution in [1.82, 2.24) is 0 Å². The quantitative estimate of drug-likeness (QED) is 0.0261. The molecular weight excluding hydrogens is 997 g/mol. The van der Waals surface area contributed by atoms with Crippen molar-refractivity contribution in [2.75, 3.05) is 13.2 Å². The van der Waals surface area contributed by atoms with Crippen LogP contribution >= 0.6 is 0 Å². The molecule has 0 aliphatic rings. The van der Waals surface area contributed by atoms with Crippen LogP contribution in [-0.4, -0.2) is 37.2 Å². The lowest BCUT2D eigenvalue weighted by Crippen LogP contribution is -2.30. The SMILES string of the molecule is CC/C=C\C/C=C\C/C=C\C/C=C\CCCCCCCCCCCCC(=O)OCC(COC(=O)CCCCCCCC/C=C\C/C=C\C/C=C\CCCCC)OC(=O)CCCCCCCCCCC/C=C\CCCCCCCCCC. The Morgan fingerprint density at radius 2 is 0.481 bits per heavy atom. The van der Waals surface area contributed by atoms with Crippen molar-refractivity contribution in [3.8, 4) is 0 Å².